The van der Waals surface area contributed by atoms with Crippen LogP contribution in [0.3, 0.4) is 0 Å². The van der Waals surface area contributed by atoms with Crippen LogP contribution in [0.4, 0.5) is 10.5 Å². The Labute approximate surface area is 139 Å². The number of ether oxygens (including phenoxy) is 1. The zero-order chi connectivity index (χ0) is 16.1. The normalized spacial score (nSPS) is 15.3. The molecule has 7 heteroatoms. The summed E-state index contributed by atoms with van der Waals surface area (Å²) in [6, 6.07) is 8.73. The molecule has 1 N–H and O–H groups in total. The Bertz CT molecular complexity index is 660. The number of carbonyl (C=O) groups excluding carboxylic acids is 1. The molecule has 0 spiro atoms. The lowest BCUT2D eigenvalue weighted by Gasteiger charge is -2.31. The van der Waals surface area contributed by atoms with Crippen molar-refractivity contribution in [1.82, 2.24) is 14.9 Å². The number of nitrogens with zero attached hydrogens (tertiary/aromatic N) is 3. The number of nitrogens with one attached hydrogen (secondary N) is 1. The van der Waals surface area contributed by atoms with Crippen LogP contribution in [0.5, 0.6) is 5.88 Å². The molecular weight excluding hydrogens is 316 g/mol. The smallest absolute Gasteiger partial charge is 0.321 e. The van der Waals surface area contributed by atoms with Gasteiger partial charge in [-0.15, -0.1) is 0 Å². The summed E-state index contributed by atoms with van der Waals surface area (Å²) < 4.78 is 5.79. The quantitative estimate of drug-likeness (QED) is 0.937. The molecule has 1 aliphatic rings. The predicted molar refractivity (Wildman–Crippen MR) is 87.7 cm³/mol. The van der Waals surface area contributed by atoms with Gasteiger partial charge in [0.25, 0.3) is 0 Å². The average Bonchev–Trinajstić information content (AvgIpc) is 2.56. The van der Waals surface area contributed by atoms with E-state index in [1.165, 1.54) is 6.33 Å². The van der Waals surface area contributed by atoms with Crippen molar-refractivity contribution < 1.29 is 9.53 Å². The summed E-state index contributed by atoms with van der Waals surface area (Å²) >= 11 is 5.92. The number of hydrogen-bond donors (Lipinski definition) is 1. The van der Waals surface area contributed by atoms with Crippen LogP contribution < -0.4 is 10.1 Å². The zero-order valence-electron chi connectivity index (χ0n) is 12.5. The number of carbonyl (C=O) groups is 1. The second-order valence-corrected chi connectivity index (χ2v) is 5.73. The Balaban J connectivity index is 1.49. The van der Waals surface area contributed by atoms with Crippen molar-refractivity contribution in [1.29, 1.82) is 0 Å². The first kappa shape index (κ1) is 15.6. The van der Waals surface area contributed by atoms with Crippen molar-refractivity contribution in [2.75, 3.05) is 18.4 Å². The number of aromatic nitrogens is 2. The van der Waals surface area contributed by atoms with Gasteiger partial charge in [0.05, 0.1) is 0 Å². The summed E-state index contributed by atoms with van der Waals surface area (Å²) in [5.74, 6) is 0.571. The van der Waals surface area contributed by atoms with Gasteiger partial charge in [0.2, 0.25) is 5.88 Å². The van der Waals surface area contributed by atoms with E-state index in [0.29, 0.717) is 29.7 Å². The SMILES string of the molecule is O=C(Nc1cccc(Cl)c1)N1CCC(Oc2ccncn2)CC1. The monoisotopic (exact) mass is 332 g/mol. The third-order valence-corrected chi connectivity index (χ3v) is 3.88. The van der Waals surface area contributed by atoms with Crippen molar-refractivity contribution in [3.05, 3.63) is 47.9 Å². The van der Waals surface area contributed by atoms with Crippen molar-refractivity contribution in [3.8, 4) is 5.88 Å². The van der Waals surface area contributed by atoms with Crippen molar-refractivity contribution in [3.63, 3.8) is 0 Å². The summed E-state index contributed by atoms with van der Waals surface area (Å²) in [6.45, 7) is 1.28. The molecule has 1 fully saturated rings. The molecule has 23 heavy (non-hydrogen) atoms. The van der Waals surface area contributed by atoms with E-state index in [9.17, 15) is 4.79 Å². The molecule has 0 bridgehead atoms. The van der Waals surface area contributed by atoms with Gasteiger partial charge >= 0.3 is 6.03 Å². The van der Waals surface area contributed by atoms with Gasteiger partial charge in [0.1, 0.15) is 12.4 Å². The molecule has 6 nitrogen and oxygen atoms in total. The molecule has 0 atom stereocenters. The summed E-state index contributed by atoms with van der Waals surface area (Å²) in [7, 11) is 0. The van der Waals surface area contributed by atoms with Crippen LogP contribution >= 0.6 is 11.6 Å². The molecule has 0 radical (unpaired) electrons. The van der Waals surface area contributed by atoms with Gasteiger partial charge in [-0.25, -0.2) is 14.8 Å². The molecule has 3 rings (SSSR count). The van der Waals surface area contributed by atoms with E-state index >= 15 is 0 Å². The minimum absolute atomic E-state index is 0.0696. The highest BCUT2D eigenvalue weighted by molar-refractivity contribution is 6.30. The summed E-state index contributed by atoms with van der Waals surface area (Å²) in [4.78, 5) is 21.9. The number of benzene rings is 1. The lowest BCUT2D eigenvalue weighted by molar-refractivity contribution is 0.111. The van der Waals surface area contributed by atoms with E-state index in [1.807, 2.05) is 6.07 Å². The van der Waals surface area contributed by atoms with Crippen molar-refractivity contribution in [2.45, 2.75) is 18.9 Å². The van der Waals surface area contributed by atoms with Crippen LogP contribution in [0.25, 0.3) is 0 Å². The number of piperidine rings is 1. The molecule has 1 saturated heterocycles. The van der Waals surface area contributed by atoms with Gasteiger partial charge in [-0.3, -0.25) is 0 Å². The maximum absolute atomic E-state index is 12.3. The lowest BCUT2D eigenvalue weighted by Crippen LogP contribution is -2.43. The van der Waals surface area contributed by atoms with Gasteiger partial charge in [-0.05, 0) is 18.2 Å². The molecule has 0 aliphatic carbocycles. The van der Waals surface area contributed by atoms with Gasteiger partial charge in [-0.2, -0.15) is 0 Å². The first-order chi connectivity index (χ1) is 11.2. The molecule has 1 aromatic heterocycles. The maximum atomic E-state index is 12.3. The minimum Gasteiger partial charge on any atom is -0.474 e. The van der Waals surface area contributed by atoms with Crippen molar-refractivity contribution >= 4 is 23.3 Å². The van der Waals surface area contributed by atoms with E-state index in [-0.39, 0.29) is 12.1 Å². The first-order valence-corrected chi connectivity index (χ1v) is 7.83. The van der Waals surface area contributed by atoms with Gasteiger partial charge < -0.3 is 15.0 Å². The topological polar surface area (TPSA) is 67.4 Å². The van der Waals surface area contributed by atoms with Crippen LogP contribution in [0.2, 0.25) is 5.02 Å². The highest BCUT2D eigenvalue weighted by Crippen LogP contribution is 2.19. The fourth-order valence-electron chi connectivity index (χ4n) is 2.46. The molecular formula is C16H17ClN4O2. The first-order valence-electron chi connectivity index (χ1n) is 7.45. The van der Waals surface area contributed by atoms with E-state index in [0.717, 1.165) is 12.8 Å². The number of anilines is 1. The van der Waals surface area contributed by atoms with Crippen LogP contribution in [0.15, 0.2) is 42.9 Å². The summed E-state index contributed by atoms with van der Waals surface area (Å²) in [5, 5.41) is 3.46. The number of likely N-dealkylation sites (tertiary alicyclic amines) is 1. The van der Waals surface area contributed by atoms with Gasteiger partial charge in [0.15, 0.2) is 0 Å². The Hall–Kier alpha value is -2.34. The summed E-state index contributed by atoms with van der Waals surface area (Å²) in [6.07, 6.45) is 4.72. The van der Waals surface area contributed by atoms with Gasteiger partial charge in [-0.1, -0.05) is 17.7 Å². The summed E-state index contributed by atoms with van der Waals surface area (Å²) in [5.41, 5.74) is 0.696. The second-order valence-electron chi connectivity index (χ2n) is 5.29. The van der Waals surface area contributed by atoms with Gasteiger partial charge in [0, 0.05) is 48.9 Å². The number of amides is 2. The number of hydrogen-bond acceptors (Lipinski definition) is 4. The minimum atomic E-state index is -0.118. The molecule has 0 unspecified atom stereocenters. The Morgan fingerprint density at radius 2 is 2.13 bits per heavy atom. The van der Waals surface area contributed by atoms with E-state index in [4.69, 9.17) is 16.3 Å². The Morgan fingerprint density at radius 3 is 2.83 bits per heavy atom. The second kappa shape index (κ2) is 7.28. The van der Waals surface area contributed by atoms with E-state index in [1.54, 1.807) is 35.4 Å². The molecule has 1 aromatic carbocycles. The molecule has 1 aliphatic heterocycles. The van der Waals surface area contributed by atoms with Crippen LogP contribution in [0.1, 0.15) is 12.8 Å². The van der Waals surface area contributed by atoms with Crippen LogP contribution in [-0.2, 0) is 0 Å². The number of halogens is 1. The third kappa shape index (κ3) is 4.32. The van der Waals surface area contributed by atoms with E-state index in [2.05, 4.69) is 15.3 Å². The molecule has 0 saturated carbocycles. The largest absolute Gasteiger partial charge is 0.474 e. The van der Waals surface area contributed by atoms with Crippen LogP contribution in [0, 0.1) is 0 Å². The molecule has 2 heterocycles. The molecule has 2 amide bonds. The highest BCUT2D eigenvalue weighted by Gasteiger charge is 2.24. The zero-order valence-corrected chi connectivity index (χ0v) is 13.2. The fourth-order valence-corrected chi connectivity index (χ4v) is 2.65. The predicted octanol–water partition coefficient (Wildman–Crippen LogP) is 3.21. The molecule has 120 valence electrons. The number of rotatable bonds is 3. The fraction of sp³-hybridized carbons (Fsp3) is 0.312. The van der Waals surface area contributed by atoms with Crippen LogP contribution in [-0.4, -0.2) is 40.1 Å². The highest BCUT2D eigenvalue weighted by atomic mass is 35.5. The standard InChI is InChI=1S/C16H17ClN4O2/c17-12-2-1-3-13(10-12)20-16(22)21-8-5-14(6-9-21)23-15-4-7-18-11-19-15/h1-4,7,10-11,14H,5-6,8-9H2,(H,20,22). The third-order valence-electron chi connectivity index (χ3n) is 3.65. The maximum Gasteiger partial charge on any atom is 0.321 e. The number of urea groups is 1. The Morgan fingerprint density at radius 1 is 1.30 bits per heavy atom. The average molecular weight is 333 g/mol. The lowest BCUT2D eigenvalue weighted by atomic mass is 10.1. The van der Waals surface area contributed by atoms with E-state index < -0.39 is 0 Å². The Kier molecular flexibility index (Phi) is 4.92. The molecule has 2 aromatic rings. The van der Waals surface area contributed by atoms with Crippen molar-refractivity contribution in [2.24, 2.45) is 0 Å².